The smallest absolute Gasteiger partial charge is 0.294 e. The van der Waals surface area contributed by atoms with E-state index in [1.165, 1.54) is 12.8 Å². The van der Waals surface area contributed by atoms with Gasteiger partial charge in [0, 0.05) is 18.7 Å². The number of benzene rings is 1. The van der Waals surface area contributed by atoms with Gasteiger partial charge in [-0.1, -0.05) is 11.6 Å². The van der Waals surface area contributed by atoms with Gasteiger partial charge in [-0.05, 0) is 38.9 Å². The Morgan fingerprint density at radius 3 is 2.75 bits per heavy atom. The number of halogens is 2. The van der Waals surface area contributed by atoms with Gasteiger partial charge < -0.3 is 10.2 Å². The van der Waals surface area contributed by atoms with Crippen LogP contribution in [0.2, 0.25) is 5.02 Å². The van der Waals surface area contributed by atoms with Gasteiger partial charge in [-0.15, -0.1) is 0 Å². The van der Waals surface area contributed by atoms with Crippen LogP contribution in [-0.2, 0) is 0 Å². The molecule has 110 valence electrons. The van der Waals surface area contributed by atoms with Crippen LogP contribution in [0.1, 0.15) is 19.3 Å². The predicted molar refractivity (Wildman–Crippen MR) is 76.8 cm³/mol. The third-order valence-corrected chi connectivity index (χ3v) is 3.69. The Balaban J connectivity index is 1.90. The van der Waals surface area contributed by atoms with Crippen LogP contribution in [0, 0.1) is 15.9 Å². The van der Waals surface area contributed by atoms with Crippen LogP contribution in [0.15, 0.2) is 12.1 Å². The molecule has 1 saturated heterocycles. The molecule has 2 rings (SSSR count). The molecule has 7 heteroatoms. The summed E-state index contributed by atoms with van der Waals surface area (Å²) in [7, 11) is 0. The molecule has 1 aliphatic heterocycles. The maximum absolute atomic E-state index is 13.4. The SMILES string of the molecule is O=[N+]([O-])c1cc(Cl)c(F)cc1NCCCN1CCCC1. The number of hydrogen-bond acceptors (Lipinski definition) is 4. The molecule has 1 aliphatic rings. The van der Waals surface area contributed by atoms with E-state index in [9.17, 15) is 14.5 Å². The molecule has 0 aliphatic carbocycles. The summed E-state index contributed by atoms with van der Waals surface area (Å²) in [6, 6.07) is 2.12. The Morgan fingerprint density at radius 2 is 2.10 bits per heavy atom. The molecule has 0 unspecified atom stereocenters. The average Bonchev–Trinajstić information content (AvgIpc) is 2.91. The van der Waals surface area contributed by atoms with Crippen LogP contribution < -0.4 is 5.32 Å². The van der Waals surface area contributed by atoms with Gasteiger partial charge >= 0.3 is 0 Å². The van der Waals surface area contributed by atoms with Crippen LogP contribution in [0.25, 0.3) is 0 Å². The number of likely N-dealkylation sites (tertiary alicyclic amines) is 1. The minimum Gasteiger partial charge on any atom is -0.379 e. The summed E-state index contributed by atoms with van der Waals surface area (Å²) >= 11 is 5.56. The second kappa shape index (κ2) is 6.85. The van der Waals surface area contributed by atoms with E-state index in [4.69, 9.17) is 11.6 Å². The Bertz CT molecular complexity index is 493. The van der Waals surface area contributed by atoms with Crippen molar-refractivity contribution >= 4 is 23.0 Å². The molecule has 0 amide bonds. The van der Waals surface area contributed by atoms with E-state index in [-0.39, 0.29) is 16.4 Å². The second-order valence-corrected chi connectivity index (χ2v) is 5.28. The molecular formula is C13H17ClFN3O2. The summed E-state index contributed by atoms with van der Waals surface area (Å²) < 4.78 is 13.4. The molecule has 1 aromatic carbocycles. The number of nitro groups is 1. The van der Waals surface area contributed by atoms with Crippen LogP contribution in [0.5, 0.6) is 0 Å². The van der Waals surface area contributed by atoms with Crippen LogP contribution >= 0.6 is 11.6 Å². The first kappa shape index (κ1) is 15.0. The Labute approximate surface area is 121 Å². The highest BCUT2D eigenvalue weighted by atomic mass is 35.5. The molecule has 0 atom stereocenters. The standard InChI is InChI=1S/C13H17ClFN3O2/c14-10-8-13(18(19)20)12(9-11(10)15)16-4-3-7-17-5-1-2-6-17/h8-9,16H,1-7H2. The van der Waals surface area contributed by atoms with E-state index < -0.39 is 10.7 Å². The molecule has 5 nitrogen and oxygen atoms in total. The van der Waals surface area contributed by atoms with Gasteiger partial charge in [0.2, 0.25) is 0 Å². The van der Waals surface area contributed by atoms with Gasteiger partial charge in [-0.2, -0.15) is 0 Å². The topological polar surface area (TPSA) is 58.4 Å². The van der Waals surface area contributed by atoms with Gasteiger partial charge in [-0.25, -0.2) is 4.39 Å². The molecule has 20 heavy (non-hydrogen) atoms. The summed E-state index contributed by atoms with van der Waals surface area (Å²) in [6.45, 7) is 3.76. The summed E-state index contributed by atoms with van der Waals surface area (Å²) in [5, 5.41) is 13.6. The zero-order valence-corrected chi connectivity index (χ0v) is 11.8. The van der Waals surface area contributed by atoms with E-state index in [1.54, 1.807) is 0 Å². The monoisotopic (exact) mass is 301 g/mol. The Hall–Kier alpha value is -1.40. The minimum absolute atomic E-state index is 0.179. The lowest BCUT2D eigenvalue weighted by molar-refractivity contribution is -0.384. The van der Waals surface area contributed by atoms with Gasteiger partial charge in [-0.3, -0.25) is 10.1 Å². The van der Waals surface area contributed by atoms with Crippen molar-refractivity contribution < 1.29 is 9.31 Å². The summed E-state index contributed by atoms with van der Waals surface area (Å²) in [6.07, 6.45) is 3.34. The van der Waals surface area contributed by atoms with Gasteiger partial charge in [0.1, 0.15) is 11.5 Å². The summed E-state index contributed by atoms with van der Waals surface area (Å²) in [5.74, 6) is -0.653. The normalized spacial score (nSPS) is 15.5. The van der Waals surface area contributed by atoms with Crippen molar-refractivity contribution in [2.75, 3.05) is 31.5 Å². The lowest BCUT2D eigenvalue weighted by Gasteiger charge is -2.14. The highest BCUT2D eigenvalue weighted by molar-refractivity contribution is 6.31. The molecule has 1 fully saturated rings. The van der Waals surface area contributed by atoms with Gasteiger partial charge in [0.05, 0.1) is 9.95 Å². The van der Waals surface area contributed by atoms with Gasteiger partial charge in [0.15, 0.2) is 0 Å². The van der Waals surface area contributed by atoms with E-state index in [2.05, 4.69) is 10.2 Å². The quantitative estimate of drug-likeness (QED) is 0.497. The fourth-order valence-electron chi connectivity index (χ4n) is 2.36. The van der Waals surface area contributed by atoms with E-state index in [1.807, 2.05) is 0 Å². The number of hydrogen-bond donors (Lipinski definition) is 1. The largest absolute Gasteiger partial charge is 0.379 e. The van der Waals surface area contributed by atoms with Crippen molar-refractivity contribution in [3.8, 4) is 0 Å². The molecule has 0 spiro atoms. The number of nitrogens with one attached hydrogen (secondary N) is 1. The molecule has 0 aromatic heterocycles. The van der Waals surface area contributed by atoms with E-state index >= 15 is 0 Å². The lowest BCUT2D eigenvalue weighted by Crippen LogP contribution is -2.22. The van der Waals surface area contributed by atoms with Crippen molar-refractivity contribution in [1.29, 1.82) is 0 Å². The van der Waals surface area contributed by atoms with Gasteiger partial charge in [0.25, 0.3) is 5.69 Å². The van der Waals surface area contributed by atoms with Crippen LogP contribution in [0.3, 0.4) is 0 Å². The number of nitrogens with zero attached hydrogens (tertiary/aromatic N) is 2. The average molecular weight is 302 g/mol. The molecular weight excluding hydrogens is 285 g/mol. The fourth-order valence-corrected chi connectivity index (χ4v) is 2.52. The molecule has 0 bridgehead atoms. The molecule has 1 N–H and O–H groups in total. The Morgan fingerprint density at radius 1 is 1.40 bits per heavy atom. The minimum atomic E-state index is -0.653. The molecule has 0 radical (unpaired) electrons. The highest BCUT2D eigenvalue weighted by Gasteiger charge is 2.17. The molecule has 1 heterocycles. The maximum Gasteiger partial charge on any atom is 0.294 e. The number of anilines is 1. The summed E-state index contributed by atoms with van der Waals surface area (Å²) in [4.78, 5) is 12.7. The highest BCUT2D eigenvalue weighted by Crippen LogP contribution is 2.30. The first-order valence-corrected chi connectivity index (χ1v) is 7.05. The summed E-state index contributed by atoms with van der Waals surface area (Å²) in [5.41, 5.74) is -0.0177. The van der Waals surface area contributed by atoms with Crippen molar-refractivity contribution in [3.05, 3.63) is 33.1 Å². The lowest BCUT2D eigenvalue weighted by atomic mass is 10.2. The van der Waals surface area contributed by atoms with Crippen molar-refractivity contribution in [1.82, 2.24) is 4.90 Å². The van der Waals surface area contributed by atoms with E-state index in [0.29, 0.717) is 6.54 Å². The Kier molecular flexibility index (Phi) is 5.14. The fraction of sp³-hybridized carbons (Fsp3) is 0.538. The van der Waals surface area contributed by atoms with Crippen molar-refractivity contribution in [3.63, 3.8) is 0 Å². The zero-order valence-electron chi connectivity index (χ0n) is 11.1. The second-order valence-electron chi connectivity index (χ2n) is 4.87. The maximum atomic E-state index is 13.4. The number of rotatable bonds is 6. The third kappa shape index (κ3) is 3.80. The predicted octanol–water partition coefficient (Wildman–Crippen LogP) is 3.29. The number of nitro benzene ring substituents is 1. The first-order valence-electron chi connectivity index (χ1n) is 6.67. The molecule has 1 aromatic rings. The molecule has 0 saturated carbocycles. The first-order chi connectivity index (χ1) is 9.58. The third-order valence-electron chi connectivity index (χ3n) is 3.40. The van der Waals surface area contributed by atoms with Crippen molar-refractivity contribution in [2.45, 2.75) is 19.3 Å². The van der Waals surface area contributed by atoms with Crippen molar-refractivity contribution in [2.24, 2.45) is 0 Å². The van der Waals surface area contributed by atoms with Crippen LogP contribution in [0.4, 0.5) is 15.8 Å². The van der Waals surface area contributed by atoms with E-state index in [0.717, 1.165) is 38.2 Å². The zero-order chi connectivity index (χ0) is 14.5. The van der Waals surface area contributed by atoms with Crippen LogP contribution in [-0.4, -0.2) is 36.0 Å².